The van der Waals surface area contributed by atoms with Crippen molar-refractivity contribution in [3.05, 3.63) is 71.6 Å². The summed E-state index contributed by atoms with van der Waals surface area (Å²) in [5.41, 5.74) is 7.89. The smallest absolute Gasteiger partial charge is 0.407 e. The van der Waals surface area contributed by atoms with Crippen LogP contribution < -0.4 is 16.0 Å². The molecule has 2 aliphatic heterocycles. The van der Waals surface area contributed by atoms with Crippen molar-refractivity contribution >= 4 is 24.0 Å². The van der Waals surface area contributed by atoms with E-state index in [0.29, 0.717) is 31.4 Å². The number of aromatic nitrogens is 4. The Morgan fingerprint density at radius 3 is 1.92 bits per heavy atom. The van der Waals surface area contributed by atoms with Crippen molar-refractivity contribution in [3.8, 4) is 33.6 Å². The molecule has 1 aliphatic carbocycles. The molecule has 4 aromatic rings. The third-order valence-corrected chi connectivity index (χ3v) is 11.9. The van der Waals surface area contributed by atoms with E-state index >= 15 is 0 Å². The summed E-state index contributed by atoms with van der Waals surface area (Å²) in [5, 5.41) is 8.60. The molecule has 4 atom stereocenters. The van der Waals surface area contributed by atoms with E-state index in [1.165, 1.54) is 14.2 Å². The predicted molar refractivity (Wildman–Crippen MR) is 220 cm³/mol. The lowest BCUT2D eigenvalue weighted by Gasteiger charge is -2.30. The first-order valence-corrected chi connectivity index (χ1v) is 20.7. The van der Waals surface area contributed by atoms with Gasteiger partial charge in [0.25, 0.3) is 0 Å². The Kier molecular flexibility index (Phi) is 12.7. The van der Waals surface area contributed by atoms with Crippen LogP contribution in [-0.4, -0.2) is 81.7 Å². The van der Waals surface area contributed by atoms with Crippen LogP contribution in [0.2, 0.25) is 0 Å². The summed E-state index contributed by atoms with van der Waals surface area (Å²) in [6.07, 6.45) is 8.10. The molecule has 0 bridgehead atoms. The zero-order valence-corrected chi connectivity index (χ0v) is 34.7. The third kappa shape index (κ3) is 8.99. The predicted octanol–water partition coefficient (Wildman–Crippen LogP) is 6.94. The van der Waals surface area contributed by atoms with Crippen LogP contribution in [0.3, 0.4) is 0 Å². The van der Waals surface area contributed by atoms with Crippen LogP contribution in [0.4, 0.5) is 9.59 Å². The maximum Gasteiger partial charge on any atom is 0.407 e. The van der Waals surface area contributed by atoms with Crippen LogP contribution in [0.15, 0.2) is 48.8 Å². The number of carbonyl (C=O) groups is 4. The molecule has 59 heavy (non-hydrogen) atoms. The highest BCUT2D eigenvalue weighted by Crippen LogP contribution is 2.39. The van der Waals surface area contributed by atoms with Gasteiger partial charge in [-0.3, -0.25) is 9.59 Å². The summed E-state index contributed by atoms with van der Waals surface area (Å²) in [6, 6.07) is 10.7. The summed E-state index contributed by atoms with van der Waals surface area (Å²) >= 11 is 0. The van der Waals surface area contributed by atoms with Gasteiger partial charge in [-0.1, -0.05) is 64.8 Å². The molecular formula is C44H56N8O7. The fraction of sp³-hybridized carbons (Fsp3) is 0.500. The Bertz CT molecular complexity index is 2160. The standard InChI is InChI=1S/C44H56N8O7/c1-24(2)36(50-43(55)57-5)41(53)49-38(26-10-7-8-11-26)40-46-21-34(48-40)28-14-16-32-30(19-28)23-59-22-29-18-27(13-15-31(29)32)33-20-45-39(47-33)35-12-9-17-52(35)42(54)37(25(3)4)51-44(56)58-6/h13-16,18-21,24-26,35-38H,7-12,17,22-23H2,1-6H3,(H,45,47)(H,46,48)(H,49,53)(H,50,55)(H,51,56)/t35-,36-,37-,38-/m0/s1. The van der Waals surface area contributed by atoms with Crippen molar-refractivity contribution in [2.24, 2.45) is 17.8 Å². The van der Waals surface area contributed by atoms with Crippen LogP contribution >= 0.6 is 0 Å². The molecule has 1 saturated heterocycles. The van der Waals surface area contributed by atoms with Gasteiger partial charge in [0.15, 0.2) is 0 Å². The monoisotopic (exact) mass is 808 g/mol. The molecule has 314 valence electrons. The lowest BCUT2D eigenvalue weighted by Crippen LogP contribution is -2.51. The topological polar surface area (TPSA) is 193 Å². The molecule has 1 saturated carbocycles. The second kappa shape index (κ2) is 18.1. The lowest BCUT2D eigenvalue weighted by molar-refractivity contribution is -0.135. The number of imidazole rings is 2. The zero-order valence-electron chi connectivity index (χ0n) is 34.7. The molecule has 15 nitrogen and oxygen atoms in total. The maximum atomic E-state index is 13.6. The molecule has 4 amide bonds. The number of carbonyl (C=O) groups excluding carboxylic acids is 4. The van der Waals surface area contributed by atoms with Crippen molar-refractivity contribution in [1.82, 2.24) is 40.8 Å². The van der Waals surface area contributed by atoms with Crippen molar-refractivity contribution in [1.29, 1.82) is 0 Å². The Morgan fingerprint density at radius 1 is 0.746 bits per heavy atom. The van der Waals surface area contributed by atoms with Crippen LogP contribution in [0, 0.1) is 17.8 Å². The van der Waals surface area contributed by atoms with Gasteiger partial charge >= 0.3 is 12.2 Å². The molecule has 2 fully saturated rings. The quantitative estimate of drug-likeness (QED) is 0.101. The van der Waals surface area contributed by atoms with Crippen LogP contribution in [0.5, 0.6) is 0 Å². The van der Waals surface area contributed by atoms with E-state index in [4.69, 9.17) is 24.2 Å². The summed E-state index contributed by atoms with van der Waals surface area (Å²) in [4.78, 5) is 69.6. The molecule has 7 rings (SSSR count). The fourth-order valence-corrected chi connectivity index (χ4v) is 8.71. The lowest BCUT2D eigenvalue weighted by atomic mass is 9.93. The summed E-state index contributed by atoms with van der Waals surface area (Å²) in [7, 11) is 2.58. The van der Waals surface area contributed by atoms with Gasteiger partial charge in [0.05, 0.1) is 63.3 Å². The number of alkyl carbamates (subject to hydrolysis) is 2. The van der Waals surface area contributed by atoms with Gasteiger partial charge in [-0.2, -0.15) is 0 Å². The van der Waals surface area contributed by atoms with Gasteiger partial charge in [-0.25, -0.2) is 19.6 Å². The van der Waals surface area contributed by atoms with Gasteiger partial charge in [0, 0.05) is 6.54 Å². The van der Waals surface area contributed by atoms with E-state index in [0.717, 1.165) is 83.3 Å². The number of likely N-dealkylation sites (tertiary alicyclic amines) is 1. The van der Waals surface area contributed by atoms with Gasteiger partial charge in [0.2, 0.25) is 11.8 Å². The second-order valence-electron chi connectivity index (χ2n) is 16.5. The molecule has 0 unspecified atom stereocenters. The van der Waals surface area contributed by atoms with Gasteiger partial charge in [-0.05, 0) is 89.0 Å². The van der Waals surface area contributed by atoms with E-state index in [9.17, 15) is 19.2 Å². The highest BCUT2D eigenvalue weighted by molar-refractivity contribution is 5.87. The number of rotatable bonds is 12. The van der Waals surface area contributed by atoms with E-state index in [2.05, 4.69) is 62.3 Å². The minimum absolute atomic E-state index is 0.116. The second-order valence-corrected chi connectivity index (χ2v) is 16.5. The highest BCUT2D eigenvalue weighted by atomic mass is 16.5. The minimum Gasteiger partial charge on any atom is -0.453 e. The Balaban J connectivity index is 1.08. The van der Waals surface area contributed by atoms with Gasteiger partial charge in [-0.15, -0.1) is 0 Å². The summed E-state index contributed by atoms with van der Waals surface area (Å²) < 4.78 is 15.8. The SMILES string of the molecule is COC(=O)N[C@H](C(=O)N[C@H](c1ncc(-c2ccc3c(c2)COCc2cc(-c4cnc([C@@H]5CCCN5C(=O)[C@@H](NC(=O)OC)C(C)C)[nH]4)ccc2-3)[nH]1)C1CCCC1)C(C)C. The summed E-state index contributed by atoms with van der Waals surface area (Å²) in [5.74, 6) is 0.952. The van der Waals surface area contributed by atoms with Crippen molar-refractivity contribution in [3.63, 3.8) is 0 Å². The third-order valence-electron chi connectivity index (χ3n) is 11.9. The molecule has 0 radical (unpaired) electrons. The Labute approximate surface area is 344 Å². The molecule has 15 heteroatoms. The van der Waals surface area contributed by atoms with E-state index in [1.54, 1.807) is 0 Å². The van der Waals surface area contributed by atoms with E-state index in [-0.39, 0.29) is 41.7 Å². The molecule has 2 aromatic heterocycles. The molecular weight excluding hydrogens is 753 g/mol. The van der Waals surface area contributed by atoms with Crippen molar-refractivity contribution < 1.29 is 33.4 Å². The van der Waals surface area contributed by atoms with E-state index in [1.807, 2.05) is 45.0 Å². The molecule has 0 spiro atoms. The minimum atomic E-state index is -0.747. The number of ether oxygens (including phenoxy) is 3. The number of benzene rings is 2. The number of methoxy groups -OCH3 is 2. The number of amides is 4. The zero-order chi connectivity index (χ0) is 41.8. The molecule has 2 aromatic carbocycles. The van der Waals surface area contributed by atoms with E-state index < -0.39 is 24.3 Å². The number of hydrogen-bond donors (Lipinski definition) is 5. The highest BCUT2D eigenvalue weighted by Gasteiger charge is 2.38. The van der Waals surface area contributed by atoms with Crippen LogP contribution in [0.1, 0.15) is 101 Å². The maximum absolute atomic E-state index is 13.6. The Hall–Kier alpha value is -5.70. The molecule has 4 heterocycles. The number of aromatic amines is 2. The Morgan fingerprint density at radius 2 is 1.32 bits per heavy atom. The first kappa shape index (κ1) is 41.5. The number of H-pyrrole nitrogens is 2. The fourth-order valence-electron chi connectivity index (χ4n) is 8.71. The average molecular weight is 809 g/mol. The number of fused-ring (bicyclic) bond motifs is 3. The summed E-state index contributed by atoms with van der Waals surface area (Å²) in [6.45, 7) is 9.02. The first-order chi connectivity index (χ1) is 28.4. The average Bonchev–Trinajstić information content (AvgIpc) is 4.07. The number of nitrogens with zero attached hydrogens (tertiary/aromatic N) is 3. The normalized spacial score (nSPS) is 18.1. The number of nitrogens with one attached hydrogen (secondary N) is 5. The van der Waals surface area contributed by atoms with Crippen molar-refractivity contribution in [2.45, 2.75) is 104 Å². The van der Waals surface area contributed by atoms with Gasteiger partial charge in [0.1, 0.15) is 23.7 Å². The van der Waals surface area contributed by atoms with Gasteiger partial charge < -0.3 is 45.0 Å². The molecule has 5 N–H and O–H groups in total. The van der Waals surface area contributed by atoms with Crippen LogP contribution in [0.25, 0.3) is 33.6 Å². The van der Waals surface area contributed by atoms with Crippen molar-refractivity contribution in [2.75, 3.05) is 20.8 Å². The van der Waals surface area contributed by atoms with Crippen LogP contribution in [-0.2, 0) is 37.0 Å². The number of hydrogen-bond acceptors (Lipinski definition) is 9. The molecule has 3 aliphatic rings. The first-order valence-electron chi connectivity index (χ1n) is 20.7. The largest absolute Gasteiger partial charge is 0.453 e.